The van der Waals surface area contributed by atoms with Crippen LogP contribution in [0, 0.1) is 26.0 Å². The summed E-state index contributed by atoms with van der Waals surface area (Å²) in [6, 6.07) is 9.98. The van der Waals surface area contributed by atoms with Crippen molar-refractivity contribution in [3.8, 4) is 0 Å². The molecule has 2 radical (unpaired) electrons. The van der Waals surface area contributed by atoms with Crippen LogP contribution in [0.5, 0.6) is 0 Å². The van der Waals surface area contributed by atoms with Crippen LogP contribution in [0.4, 0.5) is 0 Å². The van der Waals surface area contributed by atoms with E-state index in [1.54, 1.807) is 0 Å². The van der Waals surface area contributed by atoms with E-state index in [-0.39, 0.29) is 0 Å². The van der Waals surface area contributed by atoms with Gasteiger partial charge in [0, 0.05) is 0 Å². The van der Waals surface area contributed by atoms with Crippen LogP contribution in [0.2, 0.25) is 0 Å². The molecule has 0 spiro atoms. The van der Waals surface area contributed by atoms with Gasteiger partial charge in [-0.1, -0.05) is 12.1 Å². The molecule has 0 amide bonds. The number of aryl methyl sites for hydroxylation is 2. The van der Waals surface area contributed by atoms with E-state index in [0.717, 1.165) is 11.1 Å². The van der Waals surface area contributed by atoms with Crippen molar-refractivity contribution >= 4 is 0 Å². The minimum absolute atomic E-state index is 1.16. The van der Waals surface area contributed by atoms with Crippen LogP contribution in [0.25, 0.3) is 0 Å². The van der Waals surface area contributed by atoms with Crippen molar-refractivity contribution in [3.63, 3.8) is 0 Å². The van der Waals surface area contributed by atoms with Crippen LogP contribution >= 0.6 is 0 Å². The first-order valence-electron chi connectivity index (χ1n) is 2.65. The molecule has 0 aromatic heterocycles. The van der Waals surface area contributed by atoms with Gasteiger partial charge in [-0.2, -0.15) is 0 Å². The number of rotatable bonds is 0. The molecule has 1 aromatic carbocycles. The lowest BCUT2D eigenvalue weighted by Gasteiger charge is -1.89. The van der Waals surface area contributed by atoms with Crippen LogP contribution in [-0.4, -0.2) is 0 Å². The summed E-state index contributed by atoms with van der Waals surface area (Å²) >= 11 is 0. The summed E-state index contributed by atoms with van der Waals surface area (Å²) in [5, 5.41) is 0. The van der Waals surface area contributed by atoms with Crippen LogP contribution in [-0.2, 0) is 0 Å². The van der Waals surface area contributed by atoms with E-state index in [0.29, 0.717) is 0 Å². The first kappa shape index (κ1) is 5.36. The Labute approximate surface area is 50.2 Å². The zero-order chi connectivity index (χ0) is 5.98. The first-order chi connectivity index (χ1) is 3.79. The van der Waals surface area contributed by atoms with E-state index in [4.69, 9.17) is 0 Å². The van der Waals surface area contributed by atoms with Gasteiger partial charge < -0.3 is 0 Å². The molecule has 0 aliphatic carbocycles. The van der Waals surface area contributed by atoms with Gasteiger partial charge in [0.25, 0.3) is 0 Å². The van der Waals surface area contributed by atoms with Crippen molar-refractivity contribution in [3.05, 3.63) is 35.4 Å². The molecule has 0 aliphatic rings. The molecule has 0 aliphatic heterocycles. The molecular weight excluding hydrogens is 96.1 g/mol. The normalized spacial score (nSPS) is 9.25. The van der Waals surface area contributed by atoms with Crippen LogP contribution in [0.1, 0.15) is 11.1 Å². The summed E-state index contributed by atoms with van der Waals surface area (Å²) in [7, 11) is 0. The molecule has 0 atom stereocenters. The minimum atomic E-state index is 1.16. The largest absolute Gasteiger partial charge is 0.0508 e. The van der Waals surface area contributed by atoms with E-state index in [2.05, 4.69) is 12.1 Å². The van der Waals surface area contributed by atoms with Crippen molar-refractivity contribution < 1.29 is 0 Å². The Kier molecular flexibility index (Phi) is 1.34. The highest BCUT2D eigenvalue weighted by molar-refractivity contribution is 5.17. The fourth-order valence-corrected chi connectivity index (χ4v) is 0.675. The average molecular weight is 104 g/mol. The Balaban J connectivity index is 3.08. The zero-order valence-electron chi connectivity index (χ0n) is 5.15. The highest BCUT2D eigenvalue weighted by atomic mass is 13.9. The monoisotopic (exact) mass is 104 g/mol. The fraction of sp³-hybridized carbons (Fsp3) is 0.250. The predicted octanol–water partition coefficient (Wildman–Crippen LogP) is 1.90. The Morgan fingerprint density at radius 3 is 1.88 bits per heavy atom. The summed E-state index contributed by atoms with van der Waals surface area (Å²) < 4.78 is 0. The van der Waals surface area contributed by atoms with Gasteiger partial charge in [0.15, 0.2) is 0 Å². The maximum atomic E-state index is 3.14. The predicted molar refractivity (Wildman–Crippen MR) is 33.6 cm³/mol. The molecule has 8 heavy (non-hydrogen) atoms. The molecule has 0 N–H and O–H groups in total. The van der Waals surface area contributed by atoms with Crippen molar-refractivity contribution in [2.45, 2.75) is 13.8 Å². The maximum Gasteiger partial charge on any atom is -0.0120 e. The average Bonchev–Trinajstić information content (AvgIpc) is 1.64. The second-order valence-corrected chi connectivity index (χ2v) is 1.95. The number of benzene rings is 1. The first-order valence-corrected chi connectivity index (χ1v) is 2.65. The van der Waals surface area contributed by atoms with Crippen molar-refractivity contribution in [1.29, 1.82) is 0 Å². The molecule has 0 saturated carbocycles. The van der Waals surface area contributed by atoms with Gasteiger partial charge in [-0.05, 0) is 37.1 Å². The standard InChI is InChI=1S/C8H8/c1-7-4-3-5-8(2)6-7/h4-5H,1-2H3. The molecule has 0 saturated heterocycles. The molecular formula is C8H8. The summed E-state index contributed by atoms with van der Waals surface area (Å²) in [5.41, 5.74) is 2.31. The van der Waals surface area contributed by atoms with Gasteiger partial charge in [-0.25, -0.2) is 0 Å². The van der Waals surface area contributed by atoms with Crippen LogP contribution < -0.4 is 0 Å². The Hall–Kier alpha value is -0.780. The van der Waals surface area contributed by atoms with Gasteiger partial charge in [-0.3, -0.25) is 0 Å². The summed E-state index contributed by atoms with van der Waals surface area (Å²) in [4.78, 5) is 0. The van der Waals surface area contributed by atoms with Gasteiger partial charge >= 0.3 is 0 Å². The minimum Gasteiger partial charge on any atom is -0.0508 e. The SMILES string of the molecule is Cc1[c]c(C)c[c]c1. The van der Waals surface area contributed by atoms with Gasteiger partial charge in [0.2, 0.25) is 0 Å². The van der Waals surface area contributed by atoms with Crippen LogP contribution in [0.3, 0.4) is 0 Å². The molecule has 1 rings (SSSR count). The number of hydrogen-bond donors (Lipinski definition) is 0. The Bertz CT molecular complexity index is 160. The van der Waals surface area contributed by atoms with Crippen molar-refractivity contribution in [2.75, 3.05) is 0 Å². The summed E-state index contributed by atoms with van der Waals surface area (Å²) in [6.07, 6.45) is 0. The lowest BCUT2D eigenvalue weighted by Crippen LogP contribution is -1.73. The van der Waals surface area contributed by atoms with E-state index < -0.39 is 0 Å². The van der Waals surface area contributed by atoms with E-state index in [1.165, 1.54) is 0 Å². The third-order valence-corrected chi connectivity index (χ3v) is 0.994. The van der Waals surface area contributed by atoms with Gasteiger partial charge in [-0.15, -0.1) is 0 Å². The van der Waals surface area contributed by atoms with Crippen molar-refractivity contribution in [1.82, 2.24) is 0 Å². The molecule has 0 heterocycles. The molecule has 1 aromatic rings. The molecule has 0 heteroatoms. The third kappa shape index (κ3) is 1.09. The summed E-state index contributed by atoms with van der Waals surface area (Å²) in [6.45, 7) is 4.03. The molecule has 0 fully saturated rings. The quantitative estimate of drug-likeness (QED) is 0.471. The van der Waals surface area contributed by atoms with Crippen LogP contribution in [0.15, 0.2) is 12.1 Å². The molecule has 40 valence electrons. The topological polar surface area (TPSA) is 0 Å². The second-order valence-electron chi connectivity index (χ2n) is 1.95. The van der Waals surface area contributed by atoms with Gasteiger partial charge in [0.05, 0.1) is 0 Å². The maximum absolute atomic E-state index is 3.14. The fourth-order valence-electron chi connectivity index (χ4n) is 0.675. The number of hydrogen-bond acceptors (Lipinski definition) is 0. The zero-order valence-corrected chi connectivity index (χ0v) is 5.15. The lowest BCUT2D eigenvalue weighted by atomic mass is 10.2. The Morgan fingerprint density at radius 2 is 1.62 bits per heavy atom. The van der Waals surface area contributed by atoms with E-state index in [1.807, 2.05) is 26.0 Å². The highest BCUT2D eigenvalue weighted by Crippen LogP contribution is 1.98. The molecule has 0 bridgehead atoms. The third-order valence-electron chi connectivity index (χ3n) is 0.994. The van der Waals surface area contributed by atoms with E-state index >= 15 is 0 Å². The van der Waals surface area contributed by atoms with E-state index in [9.17, 15) is 0 Å². The second kappa shape index (κ2) is 1.99. The molecule has 0 unspecified atom stereocenters. The van der Waals surface area contributed by atoms with Crippen molar-refractivity contribution in [2.24, 2.45) is 0 Å². The summed E-state index contributed by atoms with van der Waals surface area (Å²) in [5.74, 6) is 0. The van der Waals surface area contributed by atoms with Gasteiger partial charge in [0.1, 0.15) is 0 Å². The Morgan fingerprint density at radius 1 is 1.12 bits per heavy atom. The molecule has 0 nitrogen and oxygen atoms in total. The lowest BCUT2D eigenvalue weighted by molar-refractivity contribution is 1.37. The highest BCUT2D eigenvalue weighted by Gasteiger charge is 1.82. The smallest absolute Gasteiger partial charge is 0.0120 e.